The Morgan fingerprint density at radius 2 is 2.00 bits per heavy atom. The lowest BCUT2D eigenvalue weighted by Gasteiger charge is -2.35. The van der Waals surface area contributed by atoms with Crippen LogP contribution >= 0.6 is 11.3 Å². The summed E-state index contributed by atoms with van der Waals surface area (Å²) in [5, 5.41) is 15.5. The van der Waals surface area contributed by atoms with Crippen LogP contribution < -0.4 is 10.6 Å². The average molecular weight is 535 g/mol. The molecule has 0 bridgehead atoms. The van der Waals surface area contributed by atoms with Crippen LogP contribution in [0.5, 0.6) is 0 Å². The molecule has 200 valence electrons. The molecule has 2 aromatic rings. The number of aromatic nitrogens is 1. The summed E-state index contributed by atoms with van der Waals surface area (Å²) in [5.74, 6) is -2.33. The number of halogens is 2. The fraction of sp³-hybridized carbons (Fsp3) is 0.538. The lowest BCUT2D eigenvalue weighted by atomic mass is 9.85. The van der Waals surface area contributed by atoms with Gasteiger partial charge in [-0.25, -0.2) is 13.8 Å². The van der Waals surface area contributed by atoms with Crippen LogP contribution in [-0.4, -0.2) is 63.1 Å². The van der Waals surface area contributed by atoms with Gasteiger partial charge in [0.25, 0.3) is 5.91 Å². The van der Waals surface area contributed by atoms with E-state index in [2.05, 4.69) is 15.6 Å². The molecule has 3 N–H and O–H groups in total. The second kappa shape index (κ2) is 10.1. The van der Waals surface area contributed by atoms with Gasteiger partial charge in [0.15, 0.2) is 5.67 Å². The quantitative estimate of drug-likeness (QED) is 0.506. The minimum Gasteiger partial charge on any atom is -0.391 e. The highest BCUT2D eigenvalue weighted by Gasteiger charge is 2.53. The summed E-state index contributed by atoms with van der Waals surface area (Å²) in [6, 6.07) is 2.64. The topological polar surface area (TPSA) is 112 Å². The van der Waals surface area contributed by atoms with Gasteiger partial charge in [-0.3, -0.25) is 14.4 Å². The van der Waals surface area contributed by atoms with E-state index in [1.165, 1.54) is 22.3 Å². The van der Waals surface area contributed by atoms with Gasteiger partial charge >= 0.3 is 0 Å². The highest BCUT2D eigenvalue weighted by Crippen LogP contribution is 2.40. The summed E-state index contributed by atoms with van der Waals surface area (Å²) >= 11 is 1.34. The Hall–Kier alpha value is -2.92. The zero-order valence-electron chi connectivity index (χ0n) is 21.3. The summed E-state index contributed by atoms with van der Waals surface area (Å²) in [7, 11) is 0. The van der Waals surface area contributed by atoms with Crippen LogP contribution in [0.2, 0.25) is 0 Å². The van der Waals surface area contributed by atoms with Gasteiger partial charge in [-0.2, -0.15) is 0 Å². The molecule has 8 nitrogen and oxygen atoms in total. The predicted molar refractivity (Wildman–Crippen MR) is 135 cm³/mol. The number of thiazole rings is 1. The first kappa shape index (κ1) is 27.1. The summed E-state index contributed by atoms with van der Waals surface area (Å²) < 4.78 is 29.0. The Labute approximate surface area is 218 Å². The van der Waals surface area contributed by atoms with Crippen molar-refractivity contribution >= 4 is 29.1 Å². The molecule has 1 aromatic carbocycles. The van der Waals surface area contributed by atoms with Crippen LogP contribution in [0.4, 0.5) is 8.78 Å². The van der Waals surface area contributed by atoms with Gasteiger partial charge in [-0.1, -0.05) is 32.9 Å². The van der Waals surface area contributed by atoms with Crippen molar-refractivity contribution in [3.63, 3.8) is 0 Å². The number of aliphatic hydroxyl groups is 1. The number of hydrogen-bond acceptors (Lipinski definition) is 6. The van der Waals surface area contributed by atoms with Gasteiger partial charge in [-0.15, -0.1) is 11.3 Å². The van der Waals surface area contributed by atoms with Crippen LogP contribution in [0.3, 0.4) is 0 Å². The molecule has 1 aliphatic heterocycles. The van der Waals surface area contributed by atoms with E-state index in [1.807, 2.05) is 0 Å². The fourth-order valence-corrected chi connectivity index (χ4v) is 5.27. The average Bonchev–Trinajstić information content (AvgIpc) is 3.24. The number of aliphatic hydroxyl groups excluding tert-OH is 1. The first-order chi connectivity index (χ1) is 17.3. The van der Waals surface area contributed by atoms with Crippen LogP contribution in [0.1, 0.15) is 51.3 Å². The predicted octanol–water partition coefficient (Wildman–Crippen LogP) is 2.87. The molecule has 1 saturated carbocycles. The molecule has 0 spiro atoms. The largest absolute Gasteiger partial charge is 0.391 e. The minimum absolute atomic E-state index is 0.0212. The van der Waals surface area contributed by atoms with E-state index < -0.39 is 52.8 Å². The van der Waals surface area contributed by atoms with E-state index in [-0.39, 0.29) is 32.4 Å². The molecule has 1 saturated heterocycles. The number of alkyl halides is 1. The number of β-amino-alcohol motifs (C(OH)–C–C–N with tert-alkyl or cyclic N) is 1. The third-order valence-corrected chi connectivity index (χ3v) is 7.80. The zero-order chi connectivity index (χ0) is 27.1. The molecular formula is C26H32F2N4O4S. The van der Waals surface area contributed by atoms with Crippen LogP contribution in [0, 0.1) is 18.2 Å². The number of carbonyl (C=O) groups is 3. The smallest absolute Gasteiger partial charge is 0.258 e. The standard InChI is InChI=1S/C26H32F2N4O4S/c1-14-20(37-13-30-14)17-6-5-15(9-18(17)27)11-29-22(34)19-10-16(33)12-32(19)23(35)21(25(2,3)4)31-24(36)26(28)7-8-26/h5-6,9,13,16,19,21,33H,7-8,10-12H2,1-4H3,(H,29,34)(H,31,36)/t16-,19+,21-/m1/s1. The molecular weight excluding hydrogens is 502 g/mol. The fourth-order valence-electron chi connectivity index (χ4n) is 4.44. The van der Waals surface area contributed by atoms with Crippen LogP contribution in [0.15, 0.2) is 23.7 Å². The highest BCUT2D eigenvalue weighted by atomic mass is 32.1. The van der Waals surface area contributed by atoms with Gasteiger partial charge in [0.2, 0.25) is 11.8 Å². The van der Waals surface area contributed by atoms with Gasteiger partial charge in [0.1, 0.15) is 17.9 Å². The SMILES string of the molecule is Cc1ncsc1-c1ccc(CNC(=O)[C@@H]2C[C@@H](O)CN2C(=O)[C@@H](NC(=O)C2(F)CC2)C(C)(C)C)cc1F. The second-order valence-corrected chi connectivity index (χ2v) is 11.8. The van der Waals surface area contributed by atoms with Gasteiger partial charge in [0, 0.05) is 25.1 Å². The Morgan fingerprint density at radius 1 is 1.30 bits per heavy atom. The number of aryl methyl sites for hydroxylation is 1. The number of benzene rings is 1. The van der Waals surface area contributed by atoms with E-state index in [1.54, 1.807) is 45.3 Å². The normalized spacial score (nSPS) is 21.4. The first-order valence-electron chi connectivity index (χ1n) is 12.2. The molecule has 4 rings (SSSR count). The highest BCUT2D eigenvalue weighted by molar-refractivity contribution is 7.13. The number of carbonyl (C=O) groups excluding carboxylic acids is 3. The number of rotatable bonds is 7. The number of amides is 3. The minimum atomic E-state index is -1.95. The van der Waals surface area contributed by atoms with Crippen molar-refractivity contribution in [1.29, 1.82) is 0 Å². The molecule has 3 amide bonds. The van der Waals surface area contributed by atoms with E-state index in [4.69, 9.17) is 0 Å². The molecule has 0 unspecified atom stereocenters. The van der Waals surface area contributed by atoms with Crippen LogP contribution in [-0.2, 0) is 20.9 Å². The Kier molecular flexibility index (Phi) is 7.40. The summed E-state index contributed by atoms with van der Waals surface area (Å²) in [6.07, 6.45) is -0.676. The number of nitrogens with zero attached hydrogens (tertiary/aromatic N) is 2. The third kappa shape index (κ3) is 5.82. The van der Waals surface area contributed by atoms with Crippen molar-refractivity contribution in [2.45, 2.75) is 77.4 Å². The first-order valence-corrected chi connectivity index (χ1v) is 13.1. The van der Waals surface area contributed by atoms with E-state index in [0.29, 0.717) is 11.1 Å². The maximum atomic E-state index is 14.7. The third-order valence-electron chi connectivity index (χ3n) is 6.84. The van der Waals surface area contributed by atoms with Crippen molar-refractivity contribution in [1.82, 2.24) is 20.5 Å². The molecule has 2 fully saturated rings. The zero-order valence-corrected chi connectivity index (χ0v) is 22.1. The van der Waals surface area contributed by atoms with Gasteiger partial charge in [0.05, 0.1) is 22.2 Å². The van der Waals surface area contributed by atoms with E-state index in [9.17, 15) is 28.3 Å². The van der Waals surface area contributed by atoms with Gasteiger partial charge in [-0.05, 0) is 36.8 Å². The van der Waals surface area contributed by atoms with Crippen LogP contribution in [0.25, 0.3) is 10.4 Å². The number of nitrogens with one attached hydrogen (secondary N) is 2. The Morgan fingerprint density at radius 3 is 2.57 bits per heavy atom. The number of hydrogen-bond donors (Lipinski definition) is 3. The molecule has 1 aliphatic carbocycles. The molecule has 0 radical (unpaired) electrons. The second-order valence-electron chi connectivity index (χ2n) is 10.9. The molecule has 37 heavy (non-hydrogen) atoms. The maximum Gasteiger partial charge on any atom is 0.258 e. The lowest BCUT2D eigenvalue weighted by Crippen LogP contribution is -2.59. The van der Waals surface area contributed by atoms with E-state index in [0.717, 1.165) is 10.6 Å². The molecule has 3 atom stereocenters. The molecule has 2 aliphatic rings. The number of likely N-dealkylation sites (tertiary alicyclic amines) is 1. The maximum absolute atomic E-state index is 14.7. The molecule has 1 aromatic heterocycles. The molecule has 11 heteroatoms. The summed E-state index contributed by atoms with van der Waals surface area (Å²) in [5.41, 5.74) is 0.640. The monoisotopic (exact) mass is 534 g/mol. The van der Waals surface area contributed by atoms with Gasteiger partial charge < -0.3 is 20.6 Å². The van der Waals surface area contributed by atoms with Crippen molar-refractivity contribution < 1.29 is 28.3 Å². The van der Waals surface area contributed by atoms with Crippen molar-refractivity contribution in [3.8, 4) is 10.4 Å². The Balaban J connectivity index is 1.44. The molecule has 2 heterocycles. The van der Waals surface area contributed by atoms with E-state index >= 15 is 0 Å². The van der Waals surface area contributed by atoms with Crippen molar-refractivity contribution in [2.24, 2.45) is 5.41 Å². The lowest BCUT2D eigenvalue weighted by molar-refractivity contribution is -0.145. The Bertz CT molecular complexity index is 1210. The summed E-state index contributed by atoms with van der Waals surface area (Å²) in [4.78, 5) is 45.0. The summed E-state index contributed by atoms with van der Waals surface area (Å²) in [6.45, 7) is 6.96. The van der Waals surface area contributed by atoms with Crippen molar-refractivity contribution in [3.05, 3.63) is 40.8 Å². The van der Waals surface area contributed by atoms with Crippen molar-refractivity contribution in [2.75, 3.05) is 6.54 Å².